The third-order valence-electron chi connectivity index (χ3n) is 3.13. The molecule has 1 aliphatic rings. The lowest BCUT2D eigenvalue weighted by Crippen LogP contribution is -2.53. The molecule has 1 saturated heterocycles. The van der Waals surface area contributed by atoms with Gasteiger partial charge in [0.2, 0.25) is 0 Å². The molecule has 114 valence electrons. The van der Waals surface area contributed by atoms with E-state index in [9.17, 15) is 0 Å². The summed E-state index contributed by atoms with van der Waals surface area (Å²) in [5, 5.41) is 3.33. The molecule has 19 heavy (non-hydrogen) atoms. The van der Waals surface area contributed by atoms with Crippen LogP contribution in [0.15, 0.2) is 0 Å². The molecule has 1 N–H and O–H groups in total. The highest BCUT2D eigenvalue weighted by Crippen LogP contribution is 2.22. The molecule has 0 radical (unpaired) electrons. The second-order valence-corrected chi connectivity index (χ2v) is 7.41. The molecular formula is C13H29NO4Si. The van der Waals surface area contributed by atoms with Gasteiger partial charge in [0.15, 0.2) is 0 Å². The Hall–Kier alpha value is 0.0169. The Bertz CT molecular complexity index is 220. The van der Waals surface area contributed by atoms with E-state index in [2.05, 4.69) is 12.2 Å². The third-order valence-corrected chi connectivity index (χ3v) is 6.43. The summed E-state index contributed by atoms with van der Waals surface area (Å²) in [6.45, 7) is 11.9. The maximum atomic E-state index is 6.23. The van der Waals surface area contributed by atoms with Crippen molar-refractivity contribution in [1.29, 1.82) is 0 Å². The molecule has 6 heteroatoms. The fraction of sp³-hybridized carbons (Fsp3) is 1.00. The zero-order valence-corrected chi connectivity index (χ0v) is 13.7. The minimum absolute atomic E-state index is 0.0101. The summed E-state index contributed by atoms with van der Waals surface area (Å²) in [6, 6.07) is 0.860. The standard InChI is InChI=1S/C13H29NO4Si/c1-5-10-19(16-6-2,17-7-3)18-12(4)13-11-14-8-9-15-13/h12-14H,5-11H2,1-4H3. The Labute approximate surface area is 118 Å². The van der Waals surface area contributed by atoms with Crippen LogP contribution in [0.3, 0.4) is 0 Å². The number of rotatable bonds is 9. The quantitative estimate of drug-likeness (QED) is 0.657. The van der Waals surface area contributed by atoms with Crippen LogP contribution in [0, 0.1) is 0 Å². The third kappa shape index (κ3) is 5.49. The minimum atomic E-state index is -2.55. The molecule has 1 aliphatic heterocycles. The largest absolute Gasteiger partial charge is 0.501 e. The molecule has 1 fully saturated rings. The van der Waals surface area contributed by atoms with Crippen molar-refractivity contribution in [1.82, 2.24) is 5.32 Å². The first-order chi connectivity index (χ1) is 9.17. The van der Waals surface area contributed by atoms with Gasteiger partial charge in [-0.05, 0) is 20.8 Å². The molecule has 1 heterocycles. The Morgan fingerprint density at radius 1 is 1.26 bits per heavy atom. The first-order valence-corrected chi connectivity index (χ1v) is 9.38. The van der Waals surface area contributed by atoms with E-state index in [4.69, 9.17) is 18.0 Å². The fourth-order valence-corrected chi connectivity index (χ4v) is 5.14. The number of nitrogens with one attached hydrogen (secondary N) is 1. The number of morpholine rings is 1. The Morgan fingerprint density at radius 2 is 1.95 bits per heavy atom. The summed E-state index contributed by atoms with van der Waals surface area (Å²) >= 11 is 0. The monoisotopic (exact) mass is 291 g/mol. The fourth-order valence-electron chi connectivity index (χ4n) is 2.31. The van der Waals surface area contributed by atoms with Crippen LogP contribution >= 0.6 is 0 Å². The molecule has 0 aromatic carbocycles. The summed E-state index contributed by atoms with van der Waals surface area (Å²) in [5.41, 5.74) is 0. The maximum Gasteiger partial charge on any atom is 0.501 e. The van der Waals surface area contributed by atoms with E-state index in [0.717, 1.165) is 32.2 Å². The highest BCUT2D eigenvalue weighted by Gasteiger charge is 2.42. The molecule has 0 bridgehead atoms. The lowest BCUT2D eigenvalue weighted by atomic mass is 10.2. The summed E-state index contributed by atoms with van der Waals surface area (Å²) in [4.78, 5) is 0. The van der Waals surface area contributed by atoms with Gasteiger partial charge in [-0.25, -0.2) is 0 Å². The first-order valence-electron chi connectivity index (χ1n) is 7.45. The van der Waals surface area contributed by atoms with Crippen molar-refractivity contribution in [2.45, 2.75) is 52.4 Å². The van der Waals surface area contributed by atoms with Gasteiger partial charge in [-0.3, -0.25) is 0 Å². The van der Waals surface area contributed by atoms with Crippen LogP contribution in [0.4, 0.5) is 0 Å². The molecule has 0 amide bonds. The van der Waals surface area contributed by atoms with Gasteiger partial charge >= 0.3 is 8.80 Å². The van der Waals surface area contributed by atoms with Gasteiger partial charge in [0.25, 0.3) is 0 Å². The zero-order chi connectivity index (χ0) is 14.1. The Balaban J connectivity index is 2.62. The summed E-state index contributed by atoms with van der Waals surface area (Å²) in [6.07, 6.45) is 1.07. The molecule has 2 unspecified atom stereocenters. The van der Waals surface area contributed by atoms with Crippen LogP contribution in [-0.2, 0) is 18.0 Å². The van der Waals surface area contributed by atoms with Crippen molar-refractivity contribution in [2.75, 3.05) is 32.9 Å². The molecule has 0 aliphatic carbocycles. The van der Waals surface area contributed by atoms with Crippen LogP contribution in [-0.4, -0.2) is 53.9 Å². The van der Waals surface area contributed by atoms with Crippen LogP contribution in [0.25, 0.3) is 0 Å². The topological polar surface area (TPSA) is 49.0 Å². The average molecular weight is 291 g/mol. The number of hydrogen-bond acceptors (Lipinski definition) is 5. The molecule has 2 atom stereocenters. The highest BCUT2D eigenvalue weighted by molar-refractivity contribution is 6.60. The van der Waals surface area contributed by atoms with E-state index >= 15 is 0 Å². The van der Waals surface area contributed by atoms with E-state index < -0.39 is 8.80 Å². The minimum Gasteiger partial charge on any atom is -0.374 e. The maximum absolute atomic E-state index is 6.23. The van der Waals surface area contributed by atoms with Crippen LogP contribution in [0.2, 0.25) is 6.04 Å². The van der Waals surface area contributed by atoms with Crippen molar-refractivity contribution < 1.29 is 18.0 Å². The van der Waals surface area contributed by atoms with Crippen molar-refractivity contribution >= 4 is 8.80 Å². The normalized spacial score (nSPS) is 22.4. The van der Waals surface area contributed by atoms with Gasteiger partial charge in [0.1, 0.15) is 0 Å². The Kier molecular flexibility index (Phi) is 8.13. The molecular weight excluding hydrogens is 262 g/mol. The summed E-state index contributed by atoms with van der Waals surface area (Å²) in [7, 11) is -2.55. The lowest BCUT2D eigenvalue weighted by Gasteiger charge is -2.36. The van der Waals surface area contributed by atoms with Crippen molar-refractivity contribution in [3.63, 3.8) is 0 Å². The first kappa shape index (κ1) is 17.1. The molecule has 0 aromatic rings. The van der Waals surface area contributed by atoms with E-state index in [0.29, 0.717) is 13.2 Å². The highest BCUT2D eigenvalue weighted by atomic mass is 28.4. The average Bonchev–Trinajstić information content (AvgIpc) is 2.40. The molecule has 5 nitrogen and oxygen atoms in total. The predicted molar refractivity (Wildman–Crippen MR) is 77.3 cm³/mol. The van der Waals surface area contributed by atoms with Crippen molar-refractivity contribution in [3.8, 4) is 0 Å². The Morgan fingerprint density at radius 3 is 2.42 bits per heavy atom. The number of hydrogen-bond donors (Lipinski definition) is 1. The molecule has 0 spiro atoms. The SMILES string of the molecule is CCC[Si](OCC)(OCC)OC(C)C1CNCCO1. The van der Waals surface area contributed by atoms with Crippen LogP contribution in [0.5, 0.6) is 0 Å². The second-order valence-electron chi connectivity index (χ2n) is 4.74. The second kappa shape index (κ2) is 9.04. The molecule has 0 aromatic heterocycles. The summed E-state index contributed by atoms with van der Waals surface area (Å²) < 4.78 is 23.8. The van der Waals surface area contributed by atoms with Gasteiger partial charge in [0.05, 0.1) is 18.8 Å². The van der Waals surface area contributed by atoms with Gasteiger partial charge in [-0.15, -0.1) is 0 Å². The predicted octanol–water partition coefficient (Wildman–Crippen LogP) is 1.80. The molecule has 1 rings (SSSR count). The van der Waals surface area contributed by atoms with Crippen molar-refractivity contribution in [3.05, 3.63) is 0 Å². The van der Waals surface area contributed by atoms with Gasteiger partial charge in [0, 0.05) is 32.3 Å². The van der Waals surface area contributed by atoms with Gasteiger partial charge < -0.3 is 23.3 Å². The summed E-state index contributed by atoms with van der Waals surface area (Å²) in [5.74, 6) is 0. The lowest BCUT2D eigenvalue weighted by molar-refractivity contribution is -0.0646. The van der Waals surface area contributed by atoms with Gasteiger partial charge in [-0.1, -0.05) is 13.3 Å². The van der Waals surface area contributed by atoms with Crippen molar-refractivity contribution in [2.24, 2.45) is 0 Å². The van der Waals surface area contributed by atoms with E-state index in [1.807, 2.05) is 20.8 Å². The smallest absolute Gasteiger partial charge is 0.374 e. The van der Waals surface area contributed by atoms with Crippen LogP contribution in [0.1, 0.15) is 34.1 Å². The molecule has 0 saturated carbocycles. The van der Waals surface area contributed by atoms with E-state index in [1.165, 1.54) is 0 Å². The van der Waals surface area contributed by atoms with Gasteiger partial charge in [-0.2, -0.15) is 0 Å². The van der Waals surface area contributed by atoms with E-state index in [-0.39, 0.29) is 12.2 Å². The number of ether oxygens (including phenoxy) is 1. The zero-order valence-electron chi connectivity index (χ0n) is 12.7. The van der Waals surface area contributed by atoms with Crippen LogP contribution < -0.4 is 5.32 Å². The van der Waals surface area contributed by atoms with E-state index in [1.54, 1.807) is 0 Å².